The first-order valence-corrected chi connectivity index (χ1v) is 12.3. The Morgan fingerprint density at radius 2 is 1.35 bits per heavy atom. The van der Waals surface area contributed by atoms with E-state index in [1.54, 1.807) is 14.2 Å². The van der Waals surface area contributed by atoms with Gasteiger partial charge in [-0.1, -0.05) is 39.0 Å². The number of para-hydroxylation sites is 1. The van der Waals surface area contributed by atoms with Crippen LogP contribution in [-0.4, -0.2) is 31.2 Å². The molecule has 0 aliphatic heterocycles. The Labute approximate surface area is 126 Å². The average molecular weight is 312 g/mol. The van der Waals surface area contributed by atoms with Crippen LogP contribution in [0.5, 0.6) is 0 Å². The molecule has 0 heterocycles. The van der Waals surface area contributed by atoms with Crippen molar-refractivity contribution in [3.05, 3.63) is 30.3 Å². The molecule has 0 aromatic heterocycles. The molecule has 0 bridgehead atoms. The average Bonchev–Trinajstić information content (AvgIpc) is 2.53. The molecule has 0 aliphatic carbocycles. The third-order valence-corrected chi connectivity index (χ3v) is 15.0. The van der Waals surface area contributed by atoms with Gasteiger partial charge in [0.25, 0.3) is 0 Å². The number of benzene rings is 1. The maximum absolute atomic E-state index is 5.89. The minimum Gasteiger partial charge on any atom is -0.382 e. The Hall–Kier alpha value is -0.626. The molecule has 5 heteroatoms. The number of hydrogen-bond donors (Lipinski definition) is 0. The molecule has 0 spiro atoms. The maximum Gasteiger partial charge on any atom is 0.447 e. The number of nitrogens with zero attached hydrogens (tertiary/aromatic N) is 1. The van der Waals surface area contributed by atoms with E-state index < -0.39 is 17.0 Å². The first-order chi connectivity index (χ1) is 9.53. The van der Waals surface area contributed by atoms with Gasteiger partial charge >= 0.3 is 8.72 Å². The van der Waals surface area contributed by atoms with E-state index in [-0.39, 0.29) is 0 Å². The van der Waals surface area contributed by atoms with Gasteiger partial charge in [0, 0.05) is 19.9 Å². The molecule has 0 saturated carbocycles. The van der Waals surface area contributed by atoms with Crippen LogP contribution in [0.25, 0.3) is 0 Å². The van der Waals surface area contributed by atoms with E-state index in [2.05, 4.69) is 61.9 Å². The van der Waals surface area contributed by atoms with Crippen molar-refractivity contribution in [3.63, 3.8) is 0 Å². The van der Waals surface area contributed by atoms with Crippen LogP contribution in [0.2, 0.25) is 24.7 Å². The van der Waals surface area contributed by atoms with Crippen molar-refractivity contribution in [3.8, 4) is 0 Å². The van der Waals surface area contributed by atoms with Gasteiger partial charge < -0.3 is 13.1 Å². The van der Waals surface area contributed by atoms with Crippen molar-refractivity contribution in [2.75, 3.05) is 18.5 Å². The van der Waals surface area contributed by atoms with Gasteiger partial charge in [-0.2, -0.15) is 0 Å². The Kier molecular flexibility index (Phi) is 6.45. The van der Waals surface area contributed by atoms with Gasteiger partial charge in [0.2, 0.25) is 0 Å². The summed E-state index contributed by atoms with van der Waals surface area (Å²) in [5, 5.41) is 0. The second-order valence-electron chi connectivity index (χ2n) is 5.26. The van der Waals surface area contributed by atoms with Gasteiger partial charge in [0.05, 0.1) is 0 Å². The lowest BCUT2D eigenvalue weighted by Crippen LogP contribution is -2.68. The lowest BCUT2D eigenvalue weighted by atomic mass is 10.3. The molecule has 3 nitrogen and oxygen atoms in total. The van der Waals surface area contributed by atoms with E-state index >= 15 is 0 Å². The second-order valence-corrected chi connectivity index (χ2v) is 13.8. The van der Waals surface area contributed by atoms with E-state index in [9.17, 15) is 0 Å². The van der Waals surface area contributed by atoms with E-state index in [1.807, 2.05) is 0 Å². The Balaban J connectivity index is 3.42. The predicted octanol–water partition coefficient (Wildman–Crippen LogP) is 4.36. The minimum absolute atomic E-state index is 1.21. The smallest absolute Gasteiger partial charge is 0.382 e. The van der Waals surface area contributed by atoms with Crippen molar-refractivity contribution >= 4 is 22.6 Å². The molecule has 1 aromatic carbocycles. The van der Waals surface area contributed by atoms with Crippen LogP contribution >= 0.6 is 0 Å². The standard InChI is InChI=1S/C15H29NO2Si2/c1-7-20(8-2,9-3)16(19(6,17-4)18-5)15-13-11-10-12-14-15/h10-14H,7-9H2,1-6H3. The molecular weight excluding hydrogens is 282 g/mol. The van der Waals surface area contributed by atoms with Crippen molar-refractivity contribution in [1.82, 2.24) is 0 Å². The first-order valence-electron chi connectivity index (χ1n) is 7.49. The fourth-order valence-corrected chi connectivity index (χ4v) is 12.7. The summed E-state index contributed by atoms with van der Waals surface area (Å²) in [5.41, 5.74) is 1.25. The molecule has 0 unspecified atom stereocenters. The molecule has 20 heavy (non-hydrogen) atoms. The SMILES string of the molecule is CC[Si](CC)(CC)N(c1ccccc1)[Si](C)(OC)OC. The molecule has 0 atom stereocenters. The third kappa shape index (κ3) is 3.16. The fraction of sp³-hybridized carbons (Fsp3) is 0.600. The molecular formula is C15H29NO2Si2. The van der Waals surface area contributed by atoms with Gasteiger partial charge in [-0.05, 0) is 36.8 Å². The normalized spacial score (nSPS) is 12.5. The van der Waals surface area contributed by atoms with Crippen LogP contribution in [-0.2, 0) is 8.85 Å². The summed E-state index contributed by atoms with van der Waals surface area (Å²) in [6.45, 7) is 9.10. The molecule has 0 saturated heterocycles. The monoisotopic (exact) mass is 311 g/mol. The number of hydrogen-bond acceptors (Lipinski definition) is 3. The first kappa shape index (κ1) is 17.4. The Bertz CT molecular complexity index is 384. The largest absolute Gasteiger partial charge is 0.447 e. The van der Waals surface area contributed by atoms with Crippen molar-refractivity contribution < 1.29 is 8.85 Å². The van der Waals surface area contributed by atoms with Gasteiger partial charge in [-0.25, -0.2) is 0 Å². The van der Waals surface area contributed by atoms with Gasteiger partial charge in [-0.3, -0.25) is 0 Å². The summed E-state index contributed by atoms with van der Waals surface area (Å²) >= 11 is 0. The van der Waals surface area contributed by atoms with Crippen molar-refractivity contribution in [2.24, 2.45) is 0 Å². The molecule has 1 aromatic rings. The van der Waals surface area contributed by atoms with E-state index in [0.717, 1.165) is 0 Å². The molecule has 0 fully saturated rings. The molecule has 0 N–H and O–H groups in total. The Morgan fingerprint density at radius 3 is 1.70 bits per heavy atom. The highest BCUT2D eigenvalue weighted by molar-refractivity contribution is 6.97. The molecule has 0 aliphatic rings. The van der Waals surface area contributed by atoms with Crippen LogP contribution in [0.3, 0.4) is 0 Å². The van der Waals surface area contributed by atoms with E-state index in [4.69, 9.17) is 8.85 Å². The molecule has 1 rings (SSSR count). The fourth-order valence-electron chi connectivity index (χ4n) is 3.01. The third-order valence-electron chi connectivity index (χ3n) is 4.63. The highest BCUT2D eigenvalue weighted by Crippen LogP contribution is 2.35. The summed E-state index contributed by atoms with van der Waals surface area (Å²) < 4.78 is 14.4. The predicted molar refractivity (Wildman–Crippen MR) is 91.8 cm³/mol. The number of rotatable bonds is 8. The van der Waals surface area contributed by atoms with Crippen LogP contribution < -0.4 is 4.23 Å². The van der Waals surface area contributed by atoms with Crippen LogP contribution in [0.15, 0.2) is 30.3 Å². The lowest BCUT2D eigenvalue weighted by Gasteiger charge is -2.49. The molecule has 114 valence electrons. The van der Waals surface area contributed by atoms with E-state index in [0.29, 0.717) is 0 Å². The molecule has 0 amide bonds. The molecule has 0 radical (unpaired) electrons. The summed E-state index contributed by atoms with van der Waals surface area (Å²) in [6.07, 6.45) is 0. The summed E-state index contributed by atoms with van der Waals surface area (Å²) in [5.74, 6) is 0. The zero-order chi connectivity index (χ0) is 15.2. The van der Waals surface area contributed by atoms with Gasteiger partial charge in [0.15, 0.2) is 8.24 Å². The van der Waals surface area contributed by atoms with Gasteiger partial charge in [0.1, 0.15) is 0 Å². The zero-order valence-corrected chi connectivity index (χ0v) is 15.8. The van der Waals surface area contributed by atoms with Crippen LogP contribution in [0, 0.1) is 0 Å². The van der Waals surface area contributed by atoms with Crippen LogP contribution in [0.1, 0.15) is 20.8 Å². The summed E-state index contributed by atoms with van der Waals surface area (Å²) in [7, 11) is -0.424. The highest BCUT2D eigenvalue weighted by Gasteiger charge is 2.49. The Morgan fingerprint density at radius 1 is 0.900 bits per heavy atom. The summed E-state index contributed by atoms with van der Waals surface area (Å²) in [4.78, 5) is 0. The van der Waals surface area contributed by atoms with Gasteiger partial charge in [-0.15, -0.1) is 0 Å². The lowest BCUT2D eigenvalue weighted by molar-refractivity contribution is 0.251. The highest BCUT2D eigenvalue weighted by atomic mass is 28.4. The summed E-state index contributed by atoms with van der Waals surface area (Å²) in [6, 6.07) is 14.3. The van der Waals surface area contributed by atoms with E-state index in [1.165, 1.54) is 23.8 Å². The quantitative estimate of drug-likeness (QED) is 0.666. The zero-order valence-electron chi connectivity index (χ0n) is 13.8. The topological polar surface area (TPSA) is 21.7 Å². The second kappa shape index (κ2) is 7.40. The van der Waals surface area contributed by atoms with Crippen molar-refractivity contribution in [1.29, 1.82) is 0 Å². The van der Waals surface area contributed by atoms with Crippen molar-refractivity contribution in [2.45, 2.75) is 45.5 Å². The minimum atomic E-state index is -2.37. The van der Waals surface area contributed by atoms with Crippen LogP contribution in [0.4, 0.5) is 5.69 Å². The number of anilines is 1. The maximum atomic E-state index is 5.89.